The van der Waals surface area contributed by atoms with Crippen LogP contribution in [0.3, 0.4) is 0 Å². The predicted molar refractivity (Wildman–Crippen MR) is 74.4 cm³/mol. The van der Waals surface area contributed by atoms with Crippen molar-refractivity contribution in [2.75, 3.05) is 18.9 Å². The van der Waals surface area contributed by atoms with E-state index in [2.05, 4.69) is 14.6 Å². The van der Waals surface area contributed by atoms with E-state index in [-0.39, 0.29) is 24.4 Å². The van der Waals surface area contributed by atoms with Crippen molar-refractivity contribution in [1.82, 2.24) is 9.62 Å². The van der Waals surface area contributed by atoms with Gasteiger partial charge in [-0.15, -0.1) is 0 Å². The number of amidine groups is 1. The Bertz CT molecular complexity index is 524. The Balaban J connectivity index is 2.13. The standard InChI is InChI=1S/C12H21N3O3S/c1-8-9(2)13-10(3)15-7-11(6-12(8)15)14-19(17,18)5-4-16/h9,11,14,16H,4-7H2,1-3H3/t9-,11-/m0/s1. The van der Waals surface area contributed by atoms with Gasteiger partial charge in [0.1, 0.15) is 5.84 Å². The van der Waals surface area contributed by atoms with Crippen molar-refractivity contribution in [2.45, 2.75) is 39.3 Å². The molecule has 2 heterocycles. The van der Waals surface area contributed by atoms with Gasteiger partial charge < -0.3 is 10.0 Å². The highest BCUT2D eigenvalue weighted by Crippen LogP contribution is 2.31. The number of rotatable bonds is 4. The molecule has 0 aromatic carbocycles. The lowest BCUT2D eigenvalue weighted by Crippen LogP contribution is -2.40. The van der Waals surface area contributed by atoms with Gasteiger partial charge in [0.15, 0.2) is 0 Å². The van der Waals surface area contributed by atoms with Crippen LogP contribution >= 0.6 is 0 Å². The van der Waals surface area contributed by atoms with Gasteiger partial charge in [0.2, 0.25) is 10.0 Å². The number of fused-ring (bicyclic) bond motifs is 1. The Morgan fingerprint density at radius 2 is 2.16 bits per heavy atom. The van der Waals surface area contributed by atoms with Gasteiger partial charge in [0.05, 0.1) is 18.4 Å². The van der Waals surface area contributed by atoms with E-state index >= 15 is 0 Å². The Morgan fingerprint density at radius 3 is 2.79 bits per heavy atom. The Kier molecular flexibility index (Phi) is 3.98. The van der Waals surface area contributed by atoms with E-state index in [1.54, 1.807) is 0 Å². The lowest BCUT2D eigenvalue weighted by molar-refractivity contribution is 0.319. The lowest BCUT2D eigenvalue weighted by atomic mass is 10.0. The average molecular weight is 287 g/mol. The number of aliphatic hydroxyl groups excluding tert-OH is 1. The number of aliphatic imine (C=N–C) groups is 1. The fraction of sp³-hybridized carbons (Fsp3) is 0.750. The summed E-state index contributed by atoms with van der Waals surface area (Å²) < 4.78 is 26.0. The summed E-state index contributed by atoms with van der Waals surface area (Å²) in [6, 6.07) is 0.0241. The highest BCUT2D eigenvalue weighted by atomic mass is 32.2. The number of hydrogen-bond acceptors (Lipinski definition) is 5. The number of nitrogens with zero attached hydrogens (tertiary/aromatic N) is 2. The molecule has 1 saturated heterocycles. The topological polar surface area (TPSA) is 82.0 Å². The summed E-state index contributed by atoms with van der Waals surface area (Å²) in [4.78, 5) is 6.63. The quantitative estimate of drug-likeness (QED) is 0.766. The van der Waals surface area contributed by atoms with Crippen molar-refractivity contribution in [3.8, 4) is 0 Å². The molecule has 7 heteroatoms. The smallest absolute Gasteiger partial charge is 0.214 e. The van der Waals surface area contributed by atoms with E-state index < -0.39 is 10.0 Å². The van der Waals surface area contributed by atoms with Crippen LogP contribution in [-0.4, -0.2) is 55.2 Å². The number of nitrogens with one attached hydrogen (secondary N) is 1. The molecule has 0 unspecified atom stereocenters. The second kappa shape index (κ2) is 5.22. The lowest BCUT2D eigenvalue weighted by Gasteiger charge is -2.28. The van der Waals surface area contributed by atoms with Gasteiger partial charge in [0, 0.05) is 24.7 Å². The molecule has 0 aromatic heterocycles. The van der Waals surface area contributed by atoms with Crippen molar-refractivity contribution in [3.05, 3.63) is 11.3 Å². The van der Waals surface area contributed by atoms with Crippen LogP contribution < -0.4 is 4.72 Å². The summed E-state index contributed by atoms with van der Waals surface area (Å²) in [6.45, 7) is 6.30. The number of sulfonamides is 1. The molecule has 2 atom stereocenters. The maximum atomic E-state index is 11.7. The zero-order valence-corrected chi connectivity index (χ0v) is 12.4. The van der Waals surface area contributed by atoms with Crippen LogP contribution in [0.5, 0.6) is 0 Å². The van der Waals surface area contributed by atoms with E-state index in [9.17, 15) is 8.42 Å². The molecule has 0 aliphatic carbocycles. The zero-order valence-electron chi connectivity index (χ0n) is 11.5. The SMILES string of the molecule is CC1=N[C@@H](C)C(C)=C2C[C@H](NS(=O)(=O)CCO)CN12. The minimum atomic E-state index is -3.40. The molecule has 19 heavy (non-hydrogen) atoms. The van der Waals surface area contributed by atoms with Gasteiger partial charge in [-0.3, -0.25) is 4.99 Å². The largest absolute Gasteiger partial charge is 0.395 e. The van der Waals surface area contributed by atoms with Gasteiger partial charge in [-0.1, -0.05) is 0 Å². The molecule has 2 rings (SSSR count). The molecule has 1 fully saturated rings. The Labute approximate surface area is 114 Å². The molecule has 0 saturated carbocycles. The third kappa shape index (κ3) is 2.98. The Hall–Kier alpha value is -0.920. The maximum absolute atomic E-state index is 11.7. The number of aliphatic hydroxyl groups is 1. The first-order valence-corrected chi connectivity index (χ1v) is 8.11. The molecule has 2 aliphatic rings. The van der Waals surface area contributed by atoms with E-state index in [0.29, 0.717) is 13.0 Å². The summed E-state index contributed by atoms with van der Waals surface area (Å²) in [7, 11) is -3.40. The minimum absolute atomic E-state index is 0.142. The van der Waals surface area contributed by atoms with Gasteiger partial charge in [-0.05, 0) is 26.3 Å². The van der Waals surface area contributed by atoms with E-state index in [0.717, 1.165) is 5.84 Å². The van der Waals surface area contributed by atoms with Gasteiger partial charge >= 0.3 is 0 Å². The average Bonchev–Trinajstić information content (AvgIpc) is 2.69. The molecule has 108 valence electrons. The normalized spacial score (nSPS) is 27.6. The second-order valence-corrected chi connectivity index (χ2v) is 7.03. The highest BCUT2D eigenvalue weighted by molar-refractivity contribution is 7.89. The third-order valence-electron chi connectivity index (χ3n) is 3.73. The van der Waals surface area contributed by atoms with E-state index in [1.165, 1.54) is 11.3 Å². The fourth-order valence-corrected chi connectivity index (χ4v) is 3.66. The summed E-state index contributed by atoms with van der Waals surface area (Å²) >= 11 is 0. The molecule has 0 spiro atoms. The summed E-state index contributed by atoms with van der Waals surface area (Å²) in [6.07, 6.45) is 0.688. The van der Waals surface area contributed by atoms with Crippen LogP contribution in [0.4, 0.5) is 0 Å². The van der Waals surface area contributed by atoms with Crippen LogP contribution in [0.25, 0.3) is 0 Å². The summed E-state index contributed by atoms with van der Waals surface area (Å²) in [5.41, 5.74) is 2.38. The van der Waals surface area contributed by atoms with E-state index in [1.807, 2.05) is 20.8 Å². The molecule has 0 aromatic rings. The van der Waals surface area contributed by atoms with Crippen molar-refractivity contribution < 1.29 is 13.5 Å². The molecule has 6 nitrogen and oxygen atoms in total. The van der Waals surface area contributed by atoms with Gasteiger partial charge in [-0.25, -0.2) is 13.1 Å². The summed E-state index contributed by atoms with van der Waals surface area (Å²) in [5.74, 6) is 0.697. The Morgan fingerprint density at radius 1 is 1.47 bits per heavy atom. The van der Waals surface area contributed by atoms with Crippen molar-refractivity contribution >= 4 is 15.9 Å². The van der Waals surface area contributed by atoms with Gasteiger partial charge in [-0.2, -0.15) is 0 Å². The monoisotopic (exact) mass is 287 g/mol. The first kappa shape index (κ1) is 14.5. The van der Waals surface area contributed by atoms with Gasteiger partial charge in [0.25, 0.3) is 0 Å². The molecule has 0 radical (unpaired) electrons. The molecule has 2 aliphatic heterocycles. The first-order chi connectivity index (χ1) is 8.84. The predicted octanol–water partition coefficient (Wildman–Crippen LogP) is 0.0669. The molecular formula is C12H21N3O3S. The minimum Gasteiger partial charge on any atom is -0.395 e. The maximum Gasteiger partial charge on any atom is 0.214 e. The molecule has 2 N–H and O–H groups in total. The van der Waals surface area contributed by atoms with Crippen molar-refractivity contribution in [3.63, 3.8) is 0 Å². The van der Waals surface area contributed by atoms with Crippen LogP contribution in [0.2, 0.25) is 0 Å². The fourth-order valence-electron chi connectivity index (χ4n) is 2.64. The van der Waals surface area contributed by atoms with Crippen LogP contribution in [-0.2, 0) is 10.0 Å². The zero-order chi connectivity index (χ0) is 14.2. The highest BCUT2D eigenvalue weighted by Gasteiger charge is 2.34. The van der Waals surface area contributed by atoms with Crippen LogP contribution in [0.1, 0.15) is 27.2 Å². The molecule has 0 bridgehead atoms. The van der Waals surface area contributed by atoms with Crippen LogP contribution in [0, 0.1) is 0 Å². The number of hydrogen-bond donors (Lipinski definition) is 2. The van der Waals surface area contributed by atoms with Crippen molar-refractivity contribution in [2.24, 2.45) is 4.99 Å². The van der Waals surface area contributed by atoms with E-state index in [4.69, 9.17) is 5.11 Å². The summed E-state index contributed by atoms with van der Waals surface area (Å²) in [5, 5.41) is 8.74. The second-order valence-electron chi connectivity index (χ2n) is 5.15. The first-order valence-electron chi connectivity index (χ1n) is 6.46. The van der Waals surface area contributed by atoms with Crippen LogP contribution in [0.15, 0.2) is 16.3 Å². The van der Waals surface area contributed by atoms with Crippen molar-refractivity contribution in [1.29, 1.82) is 0 Å². The molecular weight excluding hydrogens is 266 g/mol. The molecule has 0 amide bonds. The third-order valence-corrected chi connectivity index (χ3v) is 5.14.